The summed E-state index contributed by atoms with van der Waals surface area (Å²) in [5, 5.41) is 6.83. The van der Waals surface area contributed by atoms with Gasteiger partial charge in [-0.1, -0.05) is 0 Å². The SMILES string of the molecule is CC(C)(C)n1ccnc1NC1CCNC1. The van der Waals surface area contributed by atoms with Crippen LogP contribution in [0.3, 0.4) is 0 Å². The zero-order valence-electron chi connectivity index (χ0n) is 9.75. The number of nitrogens with zero attached hydrogens (tertiary/aromatic N) is 2. The van der Waals surface area contributed by atoms with Gasteiger partial charge < -0.3 is 15.2 Å². The van der Waals surface area contributed by atoms with Crippen molar-refractivity contribution in [1.82, 2.24) is 14.9 Å². The second kappa shape index (κ2) is 3.85. The highest BCUT2D eigenvalue weighted by Crippen LogP contribution is 2.20. The summed E-state index contributed by atoms with van der Waals surface area (Å²) in [6.45, 7) is 8.71. The number of aromatic nitrogens is 2. The van der Waals surface area contributed by atoms with E-state index in [0.717, 1.165) is 19.0 Å². The first-order chi connectivity index (χ1) is 7.07. The summed E-state index contributed by atoms with van der Waals surface area (Å²) in [6.07, 6.45) is 5.07. The van der Waals surface area contributed by atoms with Gasteiger partial charge in [-0.3, -0.25) is 0 Å². The fraction of sp³-hybridized carbons (Fsp3) is 0.727. The van der Waals surface area contributed by atoms with Gasteiger partial charge in [0.25, 0.3) is 0 Å². The molecule has 0 spiro atoms. The van der Waals surface area contributed by atoms with Crippen LogP contribution in [0.25, 0.3) is 0 Å². The summed E-state index contributed by atoms with van der Waals surface area (Å²) in [4.78, 5) is 4.37. The molecule has 1 aliphatic heterocycles. The lowest BCUT2D eigenvalue weighted by Gasteiger charge is -2.24. The van der Waals surface area contributed by atoms with Crippen LogP contribution < -0.4 is 10.6 Å². The molecule has 0 aromatic carbocycles. The molecule has 1 fully saturated rings. The second-order valence-corrected chi connectivity index (χ2v) is 5.13. The fourth-order valence-corrected chi connectivity index (χ4v) is 1.91. The molecule has 1 atom stereocenters. The zero-order chi connectivity index (χ0) is 10.9. The summed E-state index contributed by atoms with van der Waals surface area (Å²) in [7, 11) is 0. The van der Waals surface area contributed by atoms with Crippen molar-refractivity contribution in [1.29, 1.82) is 0 Å². The lowest BCUT2D eigenvalue weighted by molar-refractivity contribution is 0.400. The van der Waals surface area contributed by atoms with Crippen LogP contribution >= 0.6 is 0 Å². The Balaban J connectivity index is 2.11. The topological polar surface area (TPSA) is 41.9 Å². The van der Waals surface area contributed by atoms with Crippen LogP contribution in [0, 0.1) is 0 Å². The van der Waals surface area contributed by atoms with Gasteiger partial charge in [0.1, 0.15) is 0 Å². The minimum atomic E-state index is 0.0882. The van der Waals surface area contributed by atoms with E-state index in [2.05, 4.69) is 41.0 Å². The molecule has 0 aliphatic carbocycles. The Bertz CT molecular complexity index is 318. The van der Waals surface area contributed by atoms with E-state index >= 15 is 0 Å². The molecule has 1 aliphatic rings. The van der Waals surface area contributed by atoms with Crippen LogP contribution in [0.15, 0.2) is 12.4 Å². The van der Waals surface area contributed by atoms with E-state index in [1.165, 1.54) is 6.42 Å². The summed E-state index contributed by atoms with van der Waals surface area (Å²) >= 11 is 0. The van der Waals surface area contributed by atoms with Crippen LogP contribution in [0.4, 0.5) is 5.95 Å². The normalized spacial score (nSPS) is 21.9. The third-order valence-corrected chi connectivity index (χ3v) is 2.76. The van der Waals surface area contributed by atoms with Crippen molar-refractivity contribution >= 4 is 5.95 Å². The van der Waals surface area contributed by atoms with E-state index < -0.39 is 0 Å². The molecule has 0 amide bonds. The van der Waals surface area contributed by atoms with Gasteiger partial charge in [0.15, 0.2) is 0 Å². The summed E-state index contributed by atoms with van der Waals surface area (Å²) in [5.41, 5.74) is 0.0882. The fourth-order valence-electron chi connectivity index (χ4n) is 1.91. The number of imidazole rings is 1. The van der Waals surface area contributed by atoms with E-state index in [9.17, 15) is 0 Å². The van der Waals surface area contributed by atoms with Gasteiger partial charge in [-0.2, -0.15) is 0 Å². The molecule has 1 saturated heterocycles. The molecule has 0 saturated carbocycles. The van der Waals surface area contributed by atoms with Crippen molar-refractivity contribution in [3.05, 3.63) is 12.4 Å². The molecule has 2 N–H and O–H groups in total. The largest absolute Gasteiger partial charge is 0.352 e. The molecular weight excluding hydrogens is 188 g/mol. The molecule has 84 valence electrons. The highest BCUT2D eigenvalue weighted by molar-refractivity contribution is 5.29. The maximum absolute atomic E-state index is 4.37. The first-order valence-corrected chi connectivity index (χ1v) is 5.58. The molecular formula is C11H20N4. The molecule has 0 radical (unpaired) electrons. The Kier molecular flexibility index (Phi) is 2.69. The van der Waals surface area contributed by atoms with Gasteiger partial charge >= 0.3 is 0 Å². The van der Waals surface area contributed by atoms with Gasteiger partial charge in [0.2, 0.25) is 5.95 Å². The predicted octanol–water partition coefficient (Wildman–Crippen LogP) is 1.41. The van der Waals surface area contributed by atoms with Crippen molar-refractivity contribution < 1.29 is 0 Å². The maximum atomic E-state index is 4.37. The molecule has 1 aromatic heterocycles. The summed E-state index contributed by atoms with van der Waals surface area (Å²) < 4.78 is 2.19. The Morgan fingerprint density at radius 1 is 1.53 bits per heavy atom. The van der Waals surface area contributed by atoms with Crippen LogP contribution in [0.2, 0.25) is 0 Å². The second-order valence-electron chi connectivity index (χ2n) is 5.13. The molecule has 2 heterocycles. The monoisotopic (exact) mass is 208 g/mol. The van der Waals surface area contributed by atoms with Gasteiger partial charge in [0, 0.05) is 30.5 Å². The number of hydrogen-bond acceptors (Lipinski definition) is 3. The highest BCUT2D eigenvalue weighted by Gasteiger charge is 2.20. The van der Waals surface area contributed by atoms with Crippen LogP contribution in [0.1, 0.15) is 27.2 Å². The average Bonchev–Trinajstić information content (AvgIpc) is 2.73. The van der Waals surface area contributed by atoms with E-state index in [1.807, 2.05) is 12.4 Å². The molecule has 15 heavy (non-hydrogen) atoms. The molecule has 2 rings (SSSR count). The average molecular weight is 208 g/mol. The van der Waals surface area contributed by atoms with Gasteiger partial charge in [0.05, 0.1) is 0 Å². The smallest absolute Gasteiger partial charge is 0.203 e. The third kappa shape index (κ3) is 2.31. The minimum Gasteiger partial charge on any atom is -0.352 e. The molecule has 4 nitrogen and oxygen atoms in total. The third-order valence-electron chi connectivity index (χ3n) is 2.76. The summed E-state index contributed by atoms with van der Waals surface area (Å²) in [6, 6.07) is 0.522. The van der Waals surface area contributed by atoms with E-state index in [1.54, 1.807) is 0 Å². The first-order valence-electron chi connectivity index (χ1n) is 5.58. The molecule has 1 unspecified atom stereocenters. The first kappa shape index (κ1) is 10.5. The van der Waals surface area contributed by atoms with E-state index in [4.69, 9.17) is 0 Å². The van der Waals surface area contributed by atoms with Gasteiger partial charge in [-0.05, 0) is 33.7 Å². The highest BCUT2D eigenvalue weighted by atomic mass is 15.2. The van der Waals surface area contributed by atoms with Crippen LogP contribution in [-0.2, 0) is 5.54 Å². The number of nitrogens with one attached hydrogen (secondary N) is 2. The van der Waals surface area contributed by atoms with Crippen molar-refractivity contribution in [2.24, 2.45) is 0 Å². The van der Waals surface area contributed by atoms with Crippen LogP contribution in [-0.4, -0.2) is 28.7 Å². The number of anilines is 1. The van der Waals surface area contributed by atoms with E-state index in [0.29, 0.717) is 6.04 Å². The van der Waals surface area contributed by atoms with Gasteiger partial charge in [-0.25, -0.2) is 4.98 Å². The quantitative estimate of drug-likeness (QED) is 0.772. The van der Waals surface area contributed by atoms with Crippen molar-refractivity contribution in [2.45, 2.75) is 38.8 Å². The number of rotatable bonds is 2. The minimum absolute atomic E-state index is 0.0882. The lowest BCUT2D eigenvalue weighted by atomic mass is 10.1. The van der Waals surface area contributed by atoms with Crippen molar-refractivity contribution in [2.75, 3.05) is 18.4 Å². The van der Waals surface area contributed by atoms with Crippen molar-refractivity contribution in [3.63, 3.8) is 0 Å². The van der Waals surface area contributed by atoms with Crippen LogP contribution in [0.5, 0.6) is 0 Å². The molecule has 4 heteroatoms. The Hall–Kier alpha value is -1.03. The molecule has 0 bridgehead atoms. The van der Waals surface area contributed by atoms with E-state index in [-0.39, 0.29) is 5.54 Å². The lowest BCUT2D eigenvalue weighted by Crippen LogP contribution is -2.28. The standard InChI is InChI=1S/C11H20N4/c1-11(2,3)15-7-6-13-10(15)14-9-4-5-12-8-9/h6-7,9,12H,4-5,8H2,1-3H3,(H,13,14). The number of hydrogen-bond donors (Lipinski definition) is 2. The Morgan fingerprint density at radius 3 is 2.93 bits per heavy atom. The Morgan fingerprint density at radius 2 is 2.33 bits per heavy atom. The maximum Gasteiger partial charge on any atom is 0.203 e. The zero-order valence-corrected chi connectivity index (χ0v) is 9.75. The summed E-state index contributed by atoms with van der Waals surface area (Å²) in [5.74, 6) is 0.983. The molecule has 1 aromatic rings. The van der Waals surface area contributed by atoms with Crippen molar-refractivity contribution in [3.8, 4) is 0 Å². The predicted molar refractivity (Wildman–Crippen MR) is 62.1 cm³/mol. The Labute approximate surface area is 91.1 Å². The van der Waals surface area contributed by atoms with Gasteiger partial charge in [-0.15, -0.1) is 0 Å².